The number of ether oxygens (including phenoxy) is 1. The largest absolute Gasteiger partial charge is 0.484 e. The third-order valence-electron chi connectivity index (χ3n) is 4.37. The minimum absolute atomic E-state index is 0.0459. The van der Waals surface area contributed by atoms with Crippen molar-refractivity contribution in [1.82, 2.24) is 15.1 Å². The first-order valence-electron chi connectivity index (χ1n) is 9.18. The Balaban J connectivity index is 1.58. The van der Waals surface area contributed by atoms with Crippen LogP contribution in [0.15, 0.2) is 59.0 Å². The summed E-state index contributed by atoms with van der Waals surface area (Å²) in [5, 5.41) is 8.15. The first-order chi connectivity index (χ1) is 13.3. The van der Waals surface area contributed by atoms with Crippen molar-refractivity contribution in [1.29, 1.82) is 0 Å². The van der Waals surface area contributed by atoms with Crippen LogP contribution in [0.2, 0.25) is 0 Å². The molecule has 0 saturated heterocycles. The molecular weight excluding hydrogens is 354 g/mol. The Hall–Kier alpha value is -3.15. The summed E-state index contributed by atoms with van der Waals surface area (Å²) >= 11 is 0. The van der Waals surface area contributed by atoms with Crippen LogP contribution in [0.1, 0.15) is 32.2 Å². The highest BCUT2D eigenvalue weighted by molar-refractivity contribution is 5.77. The van der Waals surface area contributed by atoms with Crippen LogP contribution in [-0.2, 0) is 16.8 Å². The second-order valence-corrected chi connectivity index (χ2v) is 7.68. The topological polar surface area (TPSA) is 68.5 Å². The molecule has 6 nitrogen and oxygen atoms in total. The zero-order valence-corrected chi connectivity index (χ0v) is 16.7. The van der Waals surface area contributed by atoms with Crippen molar-refractivity contribution in [3.05, 3.63) is 66.1 Å². The number of aromatic nitrogens is 2. The summed E-state index contributed by atoms with van der Waals surface area (Å²) < 4.78 is 11.2. The maximum Gasteiger partial charge on any atom is 0.260 e. The number of carbonyl (C=O) groups is 1. The van der Waals surface area contributed by atoms with E-state index >= 15 is 0 Å². The minimum Gasteiger partial charge on any atom is -0.484 e. The number of nitrogens with zero attached hydrogens (tertiary/aromatic N) is 3. The molecule has 1 aromatic heterocycles. The average molecular weight is 379 g/mol. The van der Waals surface area contributed by atoms with Crippen LogP contribution >= 0.6 is 0 Å². The number of hydrogen-bond donors (Lipinski definition) is 0. The van der Waals surface area contributed by atoms with Gasteiger partial charge in [-0.05, 0) is 35.2 Å². The van der Waals surface area contributed by atoms with Crippen molar-refractivity contribution in [2.24, 2.45) is 0 Å². The van der Waals surface area contributed by atoms with Crippen LogP contribution in [0.5, 0.6) is 5.75 Å². The quantitative estimate of drug-likeness (QED) is 0.646. The summed E-state index contributed by atoms with van der Waals surface area (Å²) in [7, 11) is 1.68. The summed E-state index contributed by atoms with van der Waals surface area (Å²) in [5.41, 5.74) is 2.18. The monoisotopic (exact) mass is 379 g/mol. The fourth-order valence-corrected chi connectivity index (χ4v) is 2.61. The van der Waals surface area contributed by atoms with E-state index in [-0.39, 0.29) is 24.5 Å². The smallest absolute Gasteiger partial charge is 0.260 e. The van der Waals surface area contributed by atoms with E-state index in [0.717, 1.165) is 5.56 Å². The van der Waals surface area contributed by atoms with Crippen molar-refractivity contribution in [2.75, 3.05) is 13.7 Å². The molecule has 28 heavy (non-hydrogen) atoms. The molecule has 0 aliphatic heterocycles. The van der Waals surface area contributed by atoms with Gasteiger partial charge in [-0.2, -0.15) is 0 Å². The van der Waals surface area contributed by atoms with Gasteiger partial charge in [-0.1, -0.05) is 51.1 Å². The van der Waals surface area contributed by atoms with Crippen molar-refractivity contribution in [3.63, 3.8) is 0 Å². The summed E-state index contributed by atoms with van der Waals surface area (Å²) in [6.07, 6.45) is 0. The number of rotatable bonds is 6. The third-order valence-corrected chi connectivity index (χ3v) is 4.37. The van der Waals surface area contributed by atoms with Crippen LogP contribution in [0.4, 0.5) is 0 Å². The number of para-hydroxylation sites is 1. The molecule has 3 rings (SSSR count). The minimum atomic E-state index is -0.168. The fraction of sp³-hybridized carbons (Fsp3) is 0.318. The molecule has 0 spiro atoms. The van der Waals surface area contributed by atoms with E-state index in [9.17, 15) is 4.79 Å². The Kier molecular flexibility index (Phi) is 5.78. The van der Waals surface area contributed by atoms with Gasteiger partial charge in [-0.3, -0.25) is 4.79 Å². The molecule has 0 radical (unpaired) electrons. The van der Waals surface area contributed by atoms with E-state index in [1.54, 1.807) is 7.05 Å². The molecular formula is C22H25N3O3. The van der Waals surface area contributed by atoms with Gasteiger partial charge in [0.05, 0.1) is 6.54 Å². The van der Waals surface area contributed by atoms with Crippen LogP contribution in [0, 0.1) is 0 Å². The second-order valence-electron chi connectivity index (χ2n) is 7.68. The first kappa shape index (κ1) is 19.6. The number of likely N-dealkylation sites (N-methyl/N-ethyl adjacent to an activating group) is 1. The van der Waals surface area contributed by atoms with Gasteiger partial charge in [0.1, 0.15) is 5.75 Å². The summed E-state index contributed by atoms with van der Waals surface area (Å²) in [6, 6.07) is 17.3. The van der Waals surface area contributed by atoms with E-state index in [1.807, 2.05) is 42.5 Å². The maximum absolute atomic E-state index is 12.2. The summed E-state index contributed by atoms with van der Waals surface area (Å²) in [5.74, 6) is 1.31. The summed E-state index contributed by atoms with van der Waals surface area (Å²) in [6.45, 7) is 6.68. The molecule has 1 amide bonds. The van der Waals surface area contributed by atoms with E-state index in [4.69, 9.17) is 9.15 Å². The predicted octanol–water partition coefficient (Wildman–Crippen LogP) is 4.07. The second kappa shape index (κ2) is 8.25. The van der Waals surface area contributed by atoms with Gasteiger partial charge in [-0.25, -0.2) is 0 Å². The number of amides is 1. The van der Waals surface area contributed by atoms with E-state index in [2.05, 4.69) is 43.1 Å². The molecule has 0 saturated carbocycles. The Morgan fingerprint density at radius 1 is 1.04 bits per heavy atom. The Labute approximate surface area is 165 Å². The average Bonchev–Trinajstić information content (AvgIpc) is 3.14. The van der Waals surface area contributed by atoms with Crippen LogP contribution < -0.4 is 4.74 Å². The normalized spacial score (nSPS) is 11.3. The standard InChI is InChI=1S/C22H25N3O3/c1-22(2,3)17-12-10-16(11-13-17)21-24-23-19(28-21)14-25(4)20(26)15-27-18-8-6-5-7-9-18/h5-13H,14-15H2,1-4H3. The molecule has 6 heteroatoms. The zero-order chi connectivity index (χ0) is 20.1. The van der Waals surface area contributed by atoms with Gasteiger partial charge < -0.3 is 14.1 Å². The molecule has 3 aromatic rings. The first-order valence-corrected chi connectivity index (χ1v) is 9.18. The van der Waals surface area contributed by atoms with Crippen molar-refractivity contribution < 1.29 is 13.9 Å². The molecule has 0 unspecified atom stereocenters. The lowest BCUT2D eigenvalue weighted by molar-refractivity contribution is -0.132. The van der Waals surface area contributed by atoms with Crippen molar-refractivity contribution >= 4 is 5.91 Å². The van der Waals surface area contributed by atoms with Crippen LogP contribution in [0.3, 0.4) is 0 Å². The zero-order valence-electron chi connectivity index (χ0n) is 16.7. The summed E-state index contributed by atoms with van der Waals surface area (Å²) in [4.78, 5) is 13.7. The van der Waals surface area contributed by atoms with Gasteiger partial charge in [0.15, 0.2) is 6.61 Å². The Morgan fingerprint density at radius 3 is 2.36 bits per heavy atom. The van der Waals surface area contributed by atoms with Crippen LogP contribution in [-0.4, -0.2) is 34.7 Å². The molecule has 1 heterocycles. The Morgan fingerprint density at radius 2 is 1.71 bits per heavy atom. The Bertz CT molecular complexity index is 912. The third kappa shape index (κ3) is 4.97. The fourth-order valence-electron chi connectivity index (χ4n) is 2.61. The lowest BCUT2D eigenvalue weighted by atomic mass is 9.87. The molecule has 0 atom stereocenters. The number of benzene rings is 2. The van der Waals surface area contributed by atoms with E-state index in [0.29, 0.717) is 17.5 Å². The highest BCUT2D eigenvalue weighted by atomic mass is 16.5. The molecule has 0 fully saturated rings. The van der Waals surface area contributed by atoms with Crippen LogP contribution in [0.25, 0.3) is 11.5 Å². The number of carbonyl (C=O) groups excluding carboxylic acids is 1. The lowest BCUT2D eigenvalue weighted by Crippen LogP contribution is -2.31. The van der Waals surface area contributed by atoms with Gasteiger partial charge in [-0.15, -0.1) is 10.2 Å². The van der Waals surface area contributed by atoms with Gasteiger partial charge >= 0.3 is 0 Å². The molecule has 0 aliphatic rings. The maximum atomic E-state index is 12.2. The van der Waals surface area contributed by atoms with E-state index in [1.165, 1.54) is 10.5 Å². The molecule has 0 N–H and O–H groups in total. The molecule has 0 aliphatic carbocycles. The van der Waals surface area contributed by atoms with E-state index < -0.39 is 0 Å². The highest BCUT2D eigenvalue weighted by Crippen LogP contribution is 2.25. The van der Waals surface area contributed by atoms with Gasteiger partial charge in [0, 0.05) is 12.6 Å². The SMILES string of the molecule is CN(Cc1nnc(-c2ccc(C(C)(C)C)cc2)o1)C(=O)COc1ccccc1. The van der Waals surface area contributed by atoms with Gasteiger partial charge in [0.25, 0.3) is 5.91 Å². The lowest BCUT2D eigenvalue weighted by Gasteiger charge is -2.18. The molecule has 0 bridgehead atoms. The highest BCUT2D eigenvalue weighted by Gasteiger charge is 2.17. The molecule has 146 valence electrons. The molecule has 2 aromatic carbocycles. The van der Waals surface area contributed by atoms with Crippen molar-refractivity contribution in [2.45, 2.75) is 32.7 Å². The van der Waals surface area contributed by atoms with Gasteiger partial charge in [0.2, 0.25) is 11.8 Å². The van der Waals surface area contributed by atoms with Crippen molar-refractivity contribution in [3.8, 4) is 17.2 Å². The predicted molar refractivity (Wildman–Crippen MR) is 107 cm³/mol. The number of hydrogen-bond acceptors (Lipinski definition) is 5.